The van der Waals surface area contributed by atoms with Crippen LogP contribution in [0.2, 0.25) is 0 Å². The fourth-order valence-electron chi connectivity index (χ4n) is 3.85. The maximum absolute atomic E-state index is 12.8. The van der Waals surface area contributed by atoms with Crippen molar-refractivity contribution in [3.63, 3.8) is 0 Å². The van der Waals surface area contributed by atoms with Crippen molar-refractivity contribution in [2.75, 3.05) is 6.54 Å². The number of hydrogen-bond acceptors (Lipinski definition) is 7. The zero-order chi connectivity index (χ0) is 27.3. The summed E-state index contributed by atoms with van der Waals surface area (Å²) in [7, 11) is -4.16. The van der Waals surface area contributed by atoms with Gasteiger partial charge in [-0.3, -0.25) is 9.59 Å². The van der Waals surface area contributed by atoms with E-state index in [4.69, 9.17) is 16.3 Å². The Labute approximate surface area is 218 Å². The van der Waals surface area contributed by atoms with Crippen molar-refractivity contribution in [3.8, 4) is 0 Å². The lowest BCUT2D eigenvalue weighted by Crippen LogP contribution is -2.48. The highest BCUT2D eigenvalue weighted by Gasteiger charge is 2.28. The lowest BCUT2D eigenvalue weighted by Gasteiger charge is -2.16. The van der Waals surface area contributed by atoms with Crippen LogP contribution in [0, 0.1) is 0 Å². The highest BCUT2D eigenvalue weighted by molar-refractivity contribution is 7.89. The highest BCUT2D eigenvalue weighted by atomic mass is 32.2. The molecular formula is C25H26N6O6S. The number of aliphatic carboxylic acids is 1. The lowest BCUT2D eigenvalue weighted by atomic mass is 10.0. The fourth-order valence-corrected chi connectivity index (χ4v) is 5.07. The van der Waals surface area contributed by atoms with Crippen molar-refractivity contribution in [2.24, 2.45) is 21.6 Å². The summed E-state index contributed by atoms with van der Waals surface area (Å²) in [5, 5.41) is 17.6. The number of aliphatic imine (C=N–C) groups is 1. The van der Waals surface area contributed by atoms with Crippen molar-refractivity contribution < 1.29 is 28.0 Å². The van der Waals surface area contributed by atoms with Crippen molar-refractivity contribution >= 4 is 50.0 Å². The molecule has 1 amide bonds. The first-order valence-electron chi connectivity index (χ1n) is 11.5. The molecular weight excluding hydrogens is 512 g/mol. The standard InChI is InChI=1S/C25H26N6O6S/c26-25(27)29-18-8-5-16(6-9-18)21-12-19(37-30-21)13-23(32)28-14-22(24(33)34)31-38(35,36)20-10-7-15-3-1-2-4-17(15)11-20/h1-11,19,22,31H,12-14H2,(H,28,32)(H,33,34)(H4,26,27,29)/t19-,22-/m0/s1. The number of nitrogens with two attached hydrogens (primary N) is 2. The average Bonchev–Trinajstić information content (AvgIpc) is 3.34. The number of benzene rings is 3. The Bertz CT molecular complexity index is 1520. The summed E-state index contributed by atoms with van der Waals surface area (Å²) in [6, 6.07) is 17.1. The van der Waals surface area contributed by atoms with Gasteiger partial charge in [-0.2, -0.15) is 4.72 Å². The van der Waals surface area contributed by atoms with Gasteiger partial charge in [-0.25, -0.2) is 13.4 Å². The first kappa shape index (κ1) is 26.6. The molecule has 13 heteroatoms. The Morgan fingerprint density at radius 2 is 1.79 bits per heavy atom. The molecule has 0 saturated heterocycles. The number of amides is 1. The molecule has 1 aliphatic rings. The molecule has 1 heterocycles. The molecule has 0 aromatic heterocycles. The van der Waals surface area contributed by atoms with Crippen LogP contribution >= 0.6 is 0 Å². The van der Waals surface area contributed by atoms with E-state index in [9.17, 15) is 23.1 Å². The summed E-state index contributed by atoms with van der Waals surface area (Å²) in [5.41, 5.74) is 12.7. The van der Waals surface area contributed by atoms with E-state index in [1.807, 2.05) is 12.1 Å². The molecule has 3 aromatic rings. The molecule has 0 spiro atoms. The zero-order valence-corrected chi connectivity index (χ0v) is 20.9. The second-order valence-electron chi connectivity index (χ2n) is 8.58. The summed E-state index contributed by atoms with van der Waals surface area (Å²) in [4.78, 5) is 33.4. The molecule has 38 heavy (non-hydrogen) atoms. The molecule has 0 radical (unpaired) electrons. The fraction of sp³-hybridized carbons (Fsp3) is 0.200. The molecule has 3 aromatic carbocycles. The van der Waals surface area contributed by atoms with Crippen LogP contribution in [-0.4, -0.2) is 55.8 Å². The molecule has 198 valence electrons. The number of hydrogen-bond donors (Lipinski definition) is 5. The molecule has 0 bridgehead atoms. The van der Waals surface area contributed by atoms with Gasteiger partial charge in [0.05, 0.1) is 22.7 Å². The van der Waals surface area contributed by atoms with Gasteiger partial charge in [0.1, 0.15) is 12.1 Å². The number of sulfonamides is 1. The molecule has 2 atom stereocenters. The first-order chi connectivity index (χ1) is 18.1. The van der Waals surface area contributed by atoms with E-state index in [1.165, 1.54) is 12.1 Å². The Morgan fingerprint density at radius 3 is 2.47 bits per heavy atom. The third-order valence-electron chi connectivity index (χ3n) is 5.73. The lowest BCUT2D eigenvalue weighted by molar-refractivity contribution is -0.138. The number of oxime groups is 1. The van der Waals surface area contributed by atoms with E-state index < -0.39 is 40.6 Å². The van der Waals surface area contributed by atoms with Crippen LogP contribution in [0.1, 0.15) is 18.4 Å². The Kier molecular flexibility index (Phi) is 7.88. The number of carboxylic acids is 1. The zero-order valence-electron chi connectivity index (χ0n) is 20.1. The van der Waals surface area contributed by atoms with Crippen molar-refractivity contribution in [1.29, 1.82) is 0 Å². The molecule has 7 N–H and O–H groups in total. The predicted octanol–water partition coefficient (Wildman–Crippen LogP) is 1.18. The number of rotatable bonds is 10. The smallest absolute Gasteiger partial charge is 0.323 e. The summed E-state index contributed by atoms with van der Waals surface area (Å²) in [6.07, 6.45) is -0.297. The van der Waals surface area contributed by atoms with E-state index >= 15 is 0 Å². The van der Waals surface area contributed by atoms with Crippen LogP contribution in [0.15, 0.2) is 81.8 Å². The SMILES string of the molecule is NC(N)=Nc1ccc(C2=NO[C@H](CC(=O)NC[C@H](NS(=O)(=O)c3ccc4ccccc4c3)C(=O)O)C2)cc1. The molecule has 12 nitrogen and oxygen atoms in total. The third-order valence-corrected chi connectivity index (χ3v) is 7.20. The molecule has 0 saturated carbocycles. The Hall–Kier alpha value is -4.49. The molecule has 0 unspecified atom stereocenters. The quantitative estimate of drug-likeness (QED) is 0.187. The minimum absolute atomic E-state index is 0.0583. The minimum Gasteiger partial charge on any atom is -0.480 e. The number of carbonyl (C=O) groups excluding carboxylic acids is 1. The van der Waals surface area contributed by atoms with Crippen LogP contribution in [0.4, 0.5) is 5.69 Å². The Balaban J connectivity index is 1.31. The minimum atomic E-state index is -4.16. The van der Waals surface area contributed by atoms with Gasteiger partial charge in [0.2, 0.25) is 15.9 Å². The first-order valence-corrected chi connectivity index (χ1v) is 13.0. The van der Waals surface area contributed by atoms with Gasteiger partial charge in [0.25, 0.3) is 0 Å². The van der Waals surface area contributed by atoms with E-state index in [0.29, 0.717) is 23.2 Å². The van der Waals surface area contributed by atoms with E-state index in [1.54, 1.807) is 42.5 Å². The van der Waals surface area contributed by atoms with Gasteiger partial charge < -0.3 is 26.7 Å². The van der Waals surface area contributed by atoms with E-state index in [0.717, 1.165) is 10.9 Å². The molecule has 0 aliphatic carbocycles. The van der Waals surface area contributed by atoms with Crippen molar-refractivity contribution in [2.45, 2.75) is 29.9 Å². The van der Waals surface area contributed by atoms with Gasteiger partial charge in [0, 0.05) is 13.0 Å². The molecule has 0 fully saturated rings. The average molecular weight is 539 g/mol. The van der Waals surface area contributed by atoms with Gasteiger partial charge in [-0.15, -0.1) is 0 Å². The van der Waals surface area contributed by atoms with Gasteiger partial charge in [-0.1, -0.05) is 47.6 Å². The van der Waals surface area contributed by atoms with E-state index in [2.05, 4.69) is 20.2 Å². The van der Waals surface area contributed by atoms with Crippen LogP contribution in [0.5, 0.6) is 0 Å². The summed E-state index contributed by atoms with van der Waals surface area (Å²) in [6.45, 7) is -0.451. The number of guanidine groups is 1. The number of carboxylic acid groups (broad SMARTS) is 1. The number of carbonyl (C=O) groups is 2. The maximum Gasteiger partial charge on any atom is 0.323 e. The van der Waals surface area contributed by atoms with Crippen molar-refractivity contribution in [1.82, 2.24) is 10.0 Å². The topological polar surface area (TPSA) is 199 Å². The number of nitrogens with zero attached hydrogens (tertiary/aromatic N) is 2. The van der Waals surface area contributed by atoms with Crippen LogP contribution < -0.4 is 21.5 Å². The van der Waals surface area contributed by atoms with Gasteiger partial charge in [-0.05, 0) is 40.6 Å². The Morgan fingerprint density at radius 1 is 1.08 bits per heavy atom. The van der Waals surface area contributed by atoms with Crippen LogP contribution in [0.25, 0.3) is 10.8 Å². The number of nitrogens with one attached hydrogen (secondary N) is 2. The van der Waals surface area contributed by atoms with Gasteiger partial charge in [0.15, 0.2) is 5.96 Å². The third kappa shape index (κ3) is 6.63. The molecule has 1 aliphatic heterocycles. The normalized spacial score (nSPS) is 15.8. The summed E-state index contributed by atoms with van der Waals surface area (Å²) in [5.74, 6) is -2.00. The number of fused-ring (bicyclic) bond motifs is 1. The van der Waals surface area contributed by atoms with Crippen molar-refractivity contribution in [3.05, 3.63) is 72.3 Å². The van der Waals surface area contributed by atoms with E-state index in [-0.39, 0.29) is 17.3 Å². The largest absolute Gasteiger partial charge is 0.480 e. The summed E-state index contributed by atoms with van der Waals surface area (Å²) < 4.78 is 27.8. The second kappa shape index (κ2) is 11.3. The highest BCUT2D eigenvalue weighted by Crippen LogP contribution is 2.22. The molecule has 4 rings (SSSR count). The predicted molar refractivity (Wildman–Crippen MR) is 141 cm³/mol. The monoisotopic (exact) mass is 538 g/mol. The van der Waals surface area contributed by atoms with Crippen LogP contribution in [-0.2, 0) is 24.4 Å². The van der Waals surface area contributed by atoms with Crippen LogP contribution in [0.3, 0.4) is 0 Å². The van der Waals surface area contributed by atoms with Gasteiger partial charge >= 0.3 is 5.97 Å². The maximum atomic E-state index is 12.8. The summed E-state index contributed by atoms with van der Waals surface area (Å²) >= 11 is 0. The second-order valence-corrected chi connectivity index (χ2v) is 10.3.